The first-order valence-corrected chi connectivity index (χ1v) is 7.23. The molecule has 0 aliphatic carbocycles. The van der Waals surface area contributed by atoms with Crippen LogP contribution in [0, 0.1) is 17.5 Å². The van der Waals surface area contributed by atoms with Gasteiger partial charge in [-0.2, -0.15) is 0 Å². The van der Waals surface area contributed by atoms with Crippen LogP contribution in [-0.2, 0) is 13.0 Å². The highest BCUT2D eigenvalue weighted by molar-refractivity contribution is 5.74. The molecule has 0 spiro atoms. The number of benzene rings is 1. The molecule has 0 amide bonds. The highest BCUT2D eigenvalue weighted by atomic mass is 19.2. The van der Waals surface area contributed by atoms with Crippen LogP contribution in [0.4, 0.5) is 13.2 Å². The van der Waals surface area contributed by atoms with Crippen LogP contribution in [0.2, 0.25) is 0 Å². The summed E-state index contributed by atoms with van der Waals surface area (Å²) in [5.41, 5.74) is 7.93. The minimum absolute atomic E-state index is 0.0906. The highest BCUT2D eigenvalue weighted by Crippen LogP contribution is 2.33. The Bertz CT molecular complexity index is 906. The van der Waals surface area contributed by atoms with Gasteiger partial charge >= 0.3 is 0 Å². The summed E-state index contributed by atoms with van der Waals surface area (Å²) in [5, 5.41) is 0. The normalized spacial score (nSPS) is 20.7. The number of nitrogens with zero attached hydrogens (tertiary/aromatic N) is 3. The van der Waals surface area contributed by atoms with Gasteiger partial charge in [0.25, 0.3) is 0 Å². The van der Waals surface area contributed by atoms with Crippen LogP contribution < -0.4 is 5.73 Å². The van der Waals surface area contributed by atoms with E-state index < -0.39 is 29.4 Å². The largest absolute Gasteiger partial charge is 0.326 e. The van der Waals surface area contributed by atoms with E-state index in [0.717, 1.165) is 22.9 Å². The van der Waals surface area contributed by atoms with E-state index in [9.17, 15) is 13.2 Å². The molecule has 2 aromatic heterocycles. The third-order valence-electron chi connectivity index (χ3n) is 4.38. The molecule has 0 unspecified atom stereocenters. The van der Waals surface area contributed by atoms with Gasteiger partial charge in [-0.1, -0.05) is 0 Å². The van der Waals surface area contributed by atoms with E-state index in [2.05, 4.69) is 9.97 Å². The third-order valence-corrected chi connectivity index (χ3v) is 4.38. The van der Waals surface area contributed by atoms with E-state index in [1.807, 2.05) is 10.6 Å². The standard InChI is InChI=1S/C16H13F3N4/c17-10-5-12(19)11(18)3-8(10)9-4-16-22-14-6-21-2-1-15(14)23(16)7-13(9)20/h1-3,5-6,9,13H,4,7,20H2/t9-,13+/m0/s1. The molecule has 2 atom stereocenters. The molecule has 7 heteroatoms. The van der Waals surface area contributed by atoms with Crippen LogP contribution in [0.1, 0.15) is 17.3 Å². The first-order chi connectivity index (χ1) is 11.0. The molecule has 4 nitrogen and oxygen atoms in total. The van der Waals surface area contributed by atoms with E-state index in [1.54, 1.807) is 12.4 Å². The number of hydrogen-bond acceptors (Lipinski definition) is 3. The highest BCUT2D eigenvalue weighted by Gasteiger charge is 2.32. The maximum atomic E-state index is 14.1. The Balaban J connectivity index is 1.79. The molecule has 0 saturated carbocycles. The first-order valence-electron chi connectivity index (χ1n) is 7.23. The molecule has 2 N–H and O–H groups in total. The number of imidazole rings is 1. The summed E-state index contributed by atoms with van der Waals surface area (Å²) in [7, 11) is 0. The van der Waals surface area contributed by atoms with Crippen molar-refractivity contribution >= 4 is 11.0 Å². The minimum atomic E-state index is -1.20. The fourth-order valence-corrected chi connectivity index (χ4v) is 3.24. The number of halogens is 3. The molecule has 3 aromatic rings. The average Bonchev–Trinajstić information content (AvgIpc) is 2.88. The van der Waals surface area contributed by atoms with Crippen molar-refractivity contribution in [2.24, 2.45) is 5.73 Å². The van der Waals surface area contributed by atoms with E-state index in [0.29, 0.717) is 19.0 Å². The Labute approximate surface area is 129 Å². The summed E-state index contributed by atoms with van der Waals surface area (Å²) in [5.74, 6) is -2.77. The lowest BCUT2D eigenvalue weighted by molar-refractivity contribution is 0.392. The zero-order valence-corrected chi connectivity index (χ0v) is 12.0. The molecule has 3 heterocycles. The molecule has 0 radical (unpaired) electrons. The monoisotopic (exact) mass is 318 g/mol. The van der Waals surface area contributed by atoms with Gasteiger partial charge in [0, 0.05) is 37.2 Å². The Kier molecular flexibility index (Phi) is 3.12. The summed E-state index contributed by atoms with van der Waals surface area (Å²) in [6.07, 6.45) is 3.68. The van der Waals surface area contributed by atoms with Crippen molar-refractivity contribution in [2.75, 3.05) is 0 Å². The fraction of sp³-hybridized carbons (Fsp3) is 0.250. The van der Waals surface area contributed by atoms with Crippen molar-refractivity contribution in [3.8, 4) is 0 Å². The molecule has 1 aromatic carbocycles. The Morgan fingerprint density at radius 1 is 1.13 bits per heavy atom. The van der Waals surface area contributed by atoms with Crippen LogP contribution >= 0.6 is 0 Å². The van der Waals surface area contributed by atoms with Gasteiger partial charge in [0.2, 0.25) is 0 Å². The third kappa shape index (κ3) is 2.19. The zero-order valence-electron chi connectivity index (χ0n) is 12.0. The van der Waals surface area contributed by atoms with E-state index in [4.69, 9.17) is 5.73 Å². The predicted octanol–water partition coefficient (Wildman–Crippen LogP) is 2.52. The molecule has 1 aliphatic rings. The average molecular weight is 318 g/mol. The Morgan fingerprint density at radius 3 is 2.74 bits per heavy atom. The van der Waals surface area contributed by atoms with E-state index in [-0.39, 0.29) is 5.56 Å². The van der Waals surface area contributed by atoms with Crippen molar-refractivity contribution in [1.82, 2.24) is 14.5 Å². The fourth-order valence-electron chi connectivity index (χ4n) is 3.24. The van der Waals surface area contributed by atoms with Gasteiger partial charge in [-0.25, -0.2) is 18.2 Å². The lowest BCUT2D eigenvalue weighted by Crippen LogP contribution is -2.39. The van der Waals surface area contributed by atoms with Gasteiger partial charge in [0.15, 0.2) is 11.6 Å². The molecule has 23 heavy (non-hydrogen) atoms. The Morgan fingerprint density at radius 2 is 1.91 bits per heavy atom. The minimum Gasteiger partial charge on any atom is -0.326 e. The zero-order chi connectivity index (χ0) is 16.1. The quantitative estimate of drug-likeness (QED) is 0.702. The molecule has 1 aliphatic heterocycles. The lowest BCUT2D eigenvalue weighted by Gasteiger charge is -2.30. The first kappa shape index (κ1) is 14.2. The maximum absolute atomic E-state index is 14.1. The number of pyridine rings is 1. The second-order valence-electron chi connectivity index (χ2n) is 5.77. The van der Waals surface area contributed by atoms with Gasteiger partial charge in [-0.3, -0.25) is 4.98 Å². The van der Waals surface area contributed by atoms with Crippen LogP contribution in [0.5, 0.6) is 0 Å². The van der Waals surface area contributed by atoms with E-state index >= 15 is 0 Å². The molecule has 0 saturated heterocycles. The van der Waals surface area contributed by atoms with Crippen molar-refractivity contribution in [3.05, 3.63) is 59.4 Å². The Hall–Kier alpha value is -2.41. The summed E-state index contributed by atoms with van der Waals surface area (Å²) in [4.78, 5) is 8.52. The summed E-state index contributed by atoms with van der Waals surface area (Å²) >= 11 is 0. The number of hydrogen-bond donors (Lipinski definition) is 1. The van der Waals surface area contributed by atoms with Gasteiger partial charge < -0.3 is 10.3 Å². The molecule has 0 fully saturated rings. The summed E-state index contributed by atoms with van der Waals surface area (Å²) < 4.78 is 42.7. The number of fused-ring (bicyclic) bond motifs is 3. The predicted molar refractivity (Wildman–Crippen MR) is 78.3 cm³/mol. The lowest BCUT2D eigenvalue weighted by atomic mass is 9.86. The smallest absolute Gasteiger partial charge is 0.161 e. The van der Waals surface area contributed by atoms with Crippen molar-refractivity contribution < 1.29 is 13.2 Å². The topological polar surface area (TPSA) is 56.7 Å². The van der Waals surface area contributed by atoms with Crippen molar-refractivity contribution in [2.45, 2.75) is 24.9 Å². The second-order valence-corrected chi connectivity index (χ2v) is 5.77. The summed E-state index contributed by atoms with van der Waals surface area (Å²) in [6, 6.07) is 2.89. The van der Waals surface area contributed by atoms with Crippen LogP contribution in [0.25, 0.3) is 11.0 Å². The van der Waals surface area contributed by atoms with E-state index in [1.165, 1.54) is 0 Å². The second kappa shape index (κ2) is 5.06. The summed E-state index contributed by atoms with van der Waals surface area (Å²) in [6.45, 7) is 0.430. The van der Waals surface area contributed by atoms with Gasteiger partial charge in [-0.05, 0) is 17.7 Å². The van der Waals surface area contributed by atoms with Crippen LogP contribution in [0.15, 0.2) is 30.6 Å². The number of rotatable bonds is 1. The van der Waals surface area contributed by atoms with Gasteiger partial charge in [0.05, 0.1) is 11.7 Å². The van der Waals surface area contributed by atoms with Gasteiger partial charge in [-0.15, -0.1) is 0 Å². The molecule has 118 valence electrons. The molecular weight excluding hydrogens is 305 g/mol. The number of nitrogens with two attached hydrogens (primary N) is 1. The van der Waals surface area contributed by atoms with Crippen LogP contribution in [0.3, 0.4) is 0 Å². The SMILES string of the molecule is N[C@@H]1Cn2c(nc3cnccc32)C[C@H]1c1cc(F)c(F)cc1F. The molecule has 0 bridgehead atoms. The number of aromatic nitrogens is 3. The maximum Gasteiger partial charge on any atom is 0.161 e. The molecule has 4 rings (SSSR count). The van der Waals surface area contributed by atoms with Gasteiger partial charge in [0.1, 0.15) is 17.2 Å². The van der Waals surface area contributed by atoms with Crippen molar-refractivity contribution in [3.63, 3.8) is 0 Å². The molecular formula is C16H13F3N4. The van der Waals surface area contributed by atoms with Crippen LogP contribution in [-0.4, -0.2) is 20.6 Å². The van der Waals surface area contributed by atoms with Crippen molar-refractivity contribution in [1.29, 1.82) is 0 Å².